The Morgan fingerprint density at radius 1 is 0.963 bits per heavy atom. The molecule has 0 bridgehead atoms. The standard InChI is InChI=1S/C16H26N2O7S2/c1-3-12(19)17-10(15(22)23)8-26-7-5-6-14(21)27-9-11(16(24)25)18-13(20)4-2/h7,10-11,26H,3-6,8-9H2,1-2H3,(H,17,19)(H,18,20)(H,22,23)(H,24,25)/t10-,11-/m0/s1. The molecule has 0 heterocycles. The molecule has 2 atom stereocenters. The summed E-state index contributed by atoms with van der Waals surface area (Å²) in [6, 6.07) is -2.09. The van der Waals surface area contributed by atoms with Crippen LogP contribution < -0.4 is 10.6 Å². The maximum atomic E-state index is 11.8. The number of carbonyl (C=O) groups excluding carboxylic acids is 3. The Morgan fingerprint density at radius 2 is 1.48 bits per heavy atom. The Balaban J connectivity index is 4.24. The predicted molar refractivity (Wildman–Crippen MR) is 106 cm³/mol. The van der Waals surface area contributed by atoms with Crippen LogP contribution in [0, 0.1) is 0 Å². The lowest BCUT2D eigenvalue weighted by atomic mass is 10.3. The van der Waals surface area contributed by atoms with Crippen molar-refractivity contribution in [3.05, 3.63) is 0 Å². The molecule has 27 heavy (non-hydrogen) atoms. The van der Waals surface area contributed by atoms with Gasteiger partial charge in [0.15, 0.2) is 5.12 Å². The third-order valence-corrected chi connectivity index (χ3v) is 5.33. The summed E-state index contributed by atoms with van der Waals surface area (Å²) in [6.45, 7) is 3.23. The van der Waals surface area contributed by atoms with Crippen LogP contribution in [0.15, 0.2) is 0 Å². The number of rotatable bonds is 13. The quantitative estimate of drug-likeness (QED) is 0.209. The van der Waals surface area contributed by atoms with Gasteiger partial charge in [-0.25, -0.2) is 20.9 Å². The zero-order chi connectivity index (χ0) is 20.8. The molecule has 0 aromatic heterocycles. The molecule has 4 N–H and O–H groups in total. The fraction of sp³-hybridized carbons (Fsp3) is 0.625. The van der Waals surface area contributed by atoms with Gasteiger partial charge in [0.25, 0.3) is 0 Å². The summed E-state index contributed by atoms with van der Waals surface area (Å²) in [7, 11) is 0. The Hall–Kier alpha value is -1.88. The van der Waals surface area contributed by atoms with E-state index in [1.807, 2.05) is 0 Å². The first-order chi connectivity index (χ1) is 12.7. The van der Waals surface area contributed by atoms with Gasteiger partial charge in [-0.2, -0.15) is 0 Å². The number of thioether (sulfide) groups is 1. The van der Waals surface area contributed by atoms with E-state index < -0.39 is 29.9 Å². The summed E-state index contributed by atoms with van der Waals surface area (Å²) in [5.74, 6) is -2.90. The topological polar surface area (TPSA) is 150 Å². The number of hydrogen-bond donors (Lipinski definition) is 5. The van der Waals surface area contributed by atoms with Gasteiger partial charge in [-0.15, -0.1) is 0 Å². The van der Waals surface area contributed by atoms with Gasteiger partial charge in [0.2, 0.25) is 11.8 Å². The molecule has 2 amide bonds. The maximum absolute atomic E-state index is 11.8. The molecule has 11 heteroatoms. The Labute approximate surface area is 165 Å². The number of amides is 2. The Morgan fingerprint density at radius 3 is 1.96 bits per heavy atom. The zero-order valence-electron chi connectivity index (χ0n) is 15.3. The van der Waals surface area contributed by atoms with E-state index in [1.54, 1.807) is 19.2 Å². The molecule has 9 nitrogen and oxygen atoms in total. The van der Waals surface area contributed by atoms with Crippen LogP contribution in [0.1, 0.15) is 39.5 Å². The maximum Gasteiger partial charge on any atom is 0.327 e. The van der Waals surface area contributed by atoms with Gasteiger partial charge in [-0.05, 0) is 6.42 Å². The van der Waals surface area contributed by atoms with Crippen LogP contribution in [0.3, 0.4) is 0 Å². The van der Waals surface area contributed by atoms with Crippen molar-refractivity contribution in [2.45, 2.75) is 51.6 Å². The van der Waals surface area contributed by atoms with Crippen molar-refractivity contribution in [1.82, 2.24) is 10.6 Å². The van der Waals surface area contributed by atoms with Gasteiger partial charge < -0.3 is 20.8 Å². The van der Waals surface area contributed by atoms with Crippen molar-refractivity contribution < 1.29 is 34.2 Å². The second-order valence-corrected chi connectivity index (χ2v) is 7.57. The van der Waals surface area contributed by atoms with Gasteiger partial charge in [-0.1, -0.05) is 31.0 Å². The number of thiol groups is 1. The molecular weight excluding hydrogens is 396 g/mol. The summed E-state index contributed by atoms with van der Waals surface area (Å²) in [6.07, 6.45) is 0.934. The average molecular weight is 423 g/mol. The molecule has 0 aliphatic heterocycles. The molecule has 0 saturated carbocycles. The van der Waals surface area contributed by atoms with Crippen molar-refractivity contribution in [2.24, 2.45) is 0 Å². The molecule has 0 saturated heterocycles. The molecule has 0 rings (SSSR count). The fourth-order valence-electron chi connectivity index (χ4n) is 1.66. The Bertz CT molecular complexity index is 581. The number of carboxylic acid groups (broad SMARTS) is 2. The van der Waals surface area contributed by atoms with Crippen molar-refractivity contribution in [1.29, 1.82) is 0 Å². The molecule has 154 valence electrons. The largest absolute Gasteiger partial charge is 0.480 e. The van der Waals surface area contributed by atoms with Crippen LogP contribution >= 0.6 is 23.1 Å². The summed E-state index contributed by atoms with van der Waals surface area (Å²) in [5, 5.41) is 24.3. The molecule has 0 fully saturated rings. The highest BCUT2D eigenvalue weighted by Crippen LogP contribution is 2.10. The van der Waals surface area contributed by atoms with E-state index in [0.717, 1.165) is 11.8 Å². The number of aliphatic carboxylic acids is 2. The lowest BCUT2D eigenvalue weighted by Crippen LogP contribution is -2.42. The average Bonchev–Trinajstić information content (AvgIpc) is 2.62. The highest BCUT2D eigenvalue weighted by Gasteiger charge is 2.20. The number of hydrogen-bond acceptors (Lipinski definition) is 6. The van der Waals surface area contributed by atoms with Crippen LogP contribution in [-0.2, 0) is 24.0 Å². The summed E-state index contributed by atoms with van der Waals surface area (Å²) < 4.78 is 0. The van der Waals surface area contributed by atoms with Gasteiger partial charge in [-0.3, -0.25) is 14.4 Å². The van der Waals surface area contributed by atoms with E-state index in [0.29, 0.717) is 17.8 Å². The van der Waals surface area contributed by atoms with E-state index in [1.165, 1.54) is 0 Å². The second-order valence-electron chi connectivity index (χ2n) is 5.39. The second kappa shape index (κ2) is 14.2. The van der Waals surface area contributed by atoms with Gasteiger partial charge in [0.1, 0.15) is 12.1 Å². The summed E-state index contributed by atoms with van der Waals surface area (Å²) in [5.41, 5.74) is 0. The monoisotopic (exact) mass is 422 g/mol. The smallest absolute Gasteiger partial charge is 0.327 e. The van der Waals surface area contributed by atoms with E-state index in [9.17, 15) is 24.0 Å². The highest BCUT2D eigenvalue weighted by atomic mass is 32.2. The number of carboxylic acids is 2. The zero-order valence-corrected chi connectivity index (χ0v) is 17.0. The first kappa shape index (κ1) is 25.1. The molecule has 0 aromatic carbocycles. The van der Waals surface area contributed by atoms with E-state index >= 15 is 0 Å². The minimum Gasteiger partial charge on any atom is -0.480 e. The SMILES string of the molecule is CCC(=O)N[C@@H](CSC(=O)CCC=[SH]C[C@H](NC(=O)CC)C(=O)O)C(=O)O. The normalized spacial score (nSPS) is 13.3. The van der Waals surface area contributed by atoms with E-state index in [2.05, 4.69) is 10.6 Å². The third kappa shape index (κ3) is 12.2. The minimum atomic E-state index is -1.20. The van der Waals surface area contributed by atoms with Crippen LogP contribution in [-0.4, -0.2) is 68.0 Å². The predicted octanol–water partition coefficient (Wildman–Crippen LogP) is 0.253. The first-order valence-electron chi connectivity index (χ1n) is 8.39. The van der Waals surface area contributed by atoms with Crippen LogP contribution in [0.4, 0.5) is 0 Å². The number of carbonyl (C=O) groups is 5. The molecule has 0 unspecified atom stereocenters. The summed E-state index contributed by atoms with van der Waals surface area (Å²) >= 11 is 1.51. The minimum absolute atomic E-state index is 0.0538. The highest BCUT2D eigenvalue weighted by molar-refractivity contribution is 8.13. The first-order valence-corrected chi connectivity index (χ1v) is 10.5. The number of nitrogens with one attached hydrogen (secondary N) is 2. The molecule has 0 aliphatic rings. The molecule has 0 spiro atoms. The van der Waals surface area contributed by atoms with Gasteiger partial charge in [0.05, 0.1) is 0 Å². The van der Waals surface area contributed by atoms with Crippen molar-refractivity contribution in [3.8, 4) is 0 Å². The van der Waals surface area contributed by atoms with Crippen LogP contribution in [0.25, 0.3) is 0 Å². The molecular formula is C16H26N2O7S2. The third-order valence-electron chi connectivity index (χ3n) is 3.21. The van der Waals surface area contributed by atoms with Gasteiger partial charge >= 0.3 is 11.9 Å². The van der Waals surface area contributed by atoms with Gasteiger partial charge in [0, 0.05) is 30.8 Å². The molecule has 0 radical (unpaired) electrons. The summed E-state index contributed by atoms with van der Waals surface area (Å²) in [4.78, 5) is 56.4. The molecule has 0 aromatic rings. The van der Waals surface area contributed by atoms with Crippen LogP contribution in [0.5, 0.6) is 0 Å². The van der Waals surface area contributed by atoms with Crippen molar-refractivity contribution in [3.63, 3.8) is 0 Å². The van der Waals surface area contributed by atoms with Crippen LogP contribution in [0.2, 0.25) is 0 Å². The Kier molecular flexibility index (Phi) is 13.2. The van der Waals surface area contributed by atoms with E-state index in [-0.39, 0.29) is 41.8 Å². The fourth-order valence-corrected chi connectivity index (χ4v) is 3.41. The molecule has 0 aliphatic carbocycles. The van der Waals surface area contributed by atoms with Crippen molar-refractivity contribution >= 4 is 57.3 Å². The van der Waals surface area contributed by atoms with Crippen molar-refractivity contribution in [2.75, 3.05) is 11.5 Å². The lowest BCUT2D eigenvalue weighted by molar-refractivity contribution is -0.141. The van der Waals surface area contributed by atoms with E-state index in [4.69, 9.17) is 10.2 Å². The lowest BCUT2D eigenvalue weighted by Gasteiger charge is -2.13.